The van der Waals surface area contributed by atoms with E-state index >= 15 is 0 Å². The quantitative estimate of drug-likeness (QED) is 0.531. The van der Waals surface area contributed by atoms with Gasteiger partial charge in [0.25, 0.3) is 0 Å². The summed E-state index contributed by atoms with van der Waals surface area (Å²) in [6.45, 7) is 4.98. The SMILES string of the molecule is CC(C)(C)OC(=O)N[C@@H](Cc1ccc(O)cc1)C(=O)N[C@H](CO)Cc1ccccc1. The molecule has 0 aliphatic carbocycles. The summed E-state index contributed by atoms with van der Waals surface area (Å²) >= 11 is 0. The zero-order chi connectivity index (χ0) is 22.1. The van der Waals surface area contributed by atoms with Gasteiger partial charge < -0.3 is 25.6 Å². The molecule has 0 aromatic heterocycles. The fourth-order valence-electron chi connectivity index (χ4n) is 2.89. The van der Waals surface area contributed by atoms with Gasteiger partial charge in [-0.2, -0.15) is 0 Å². The Morgan fingerprint density at radius 1 is 0.933 bits per heavy atom. The van der Waals surface area contributed by atoms with Crippen LogP contribution in [0.2, 0.25) is 0 Å². The van der Waals surface area contributed by atoms with Crippen LogP contribution in [0.3, 0.4) is 0 Å². The summed E-state index contributed by atoms with van der Waals surface area (Å²) in [6.07, 6.45) is -0.0407. The first kappa shape index (κ1) is 23.2. The molecule has 0 radical (unpaired) electrons. The lowest BCUT2D eigenvalue weighted by molar-refractivity contribution is -0.124. The highest BCUT2D eigenvalue weighted by atomic mass is 16.6. The number of carbonyl (C=O) groups is 2. The van der Waals surface area contributed by atoms with Crippen LogP contribution in [0.4, 0.5) is 4.79 Å². The van der Waals surface area contributed by atoms with Crippen LogP contribution in [0, 0.1) is 0 Å². The average Bonchev–Trinajstić information content (AvgIpc) is 2.68. The van der Waals surface area contributed by atoms with Gasteiger partial charge in [0.05, 0.1) is 12.6 Å². The number of aliphatic hydroxyl groups is 1. The van der Waals surface area contributed by atoms with Gasteiger partial charge >= 0.3 is 6.09 Å². The lowest BCUT2D eigenvalue weighted by Crippen LogP contribution is -2.52. The molecule has 2 atom stereocenters. The number of hydrogen-bond donors (Lipinski definition) is 4. The molecular formula is C23H30N2O5. The molecule has 0 heterocycles. The summed E-state index contributed by atoms with van der Waals surface area (Å²) in [5.41, 5.74) is 1.03. The maximum absolute atomic E-state index is 12.9. The minimum Gasteiger partial charge on any atom is -0.508 e. The minimum absolute atomic E-state index is 0.114. The highest BCUT2D eigenvalue weighted by molar-refractivity contribution is 5.86. The number of carbonyl (C=O) groups excluding carboxylic acids is 2. The van der Waals surface area contributed by atoms with Crippen molar-refractivity contribution in [1.29, 1.82) is 0 Å². The molecule has 0 fully saturated rings. The number of aromatic hydroxyl groups is 1. The number of alkyl carbamates (subject to hydrolysis) is 1. The summed E-state index contributed by atoms with van der Waals surface area (Å²) in [5.74, 6) is -0.313. The van der Waals surface area contributed by atoms with E-state index in [1.165, 1.54) is 12.1 Å². The highest BCUT2D eigenvalue weighted by Gasteiger charge is 2.26. The first-order valence-electron chi connectivity index (χ1n) is 9.89. The van der Waals surface area contributed by atoms with Crippen molar-refractivity contribution in [1.82, 2.24) is 10.6 Å². The summed E-state index contributed by atoms with van der Waals surface area (Å²) < 4.78 is 5.28. The largest absolute Gasteiger partial charge is 0.508 e. The van der Waals surface area contributed by atoms with Crippen molar-refractivity contribution in [2.45, 2.75) is 51.3 Å². The molecule has 7 heteroatoms. The summed E-state index contributed by atoms with van der Waals surface area (Å²) in [4.78, 5) is 25.2. The molecule has 4 N–H and O–H groups in total. The summed E-state index contributed by atoms with van der Waals surface area (Å²) in [5, 5.41) is 24.6. The van der Waals surface area contributed by atoms with Gasteiger partial charge in [-0.25, -0.2) is 4.79 Å². The Balaban J connectivity index is 2.10. The third-order valence-corrected chi connectivity index (χ3v) is 4.28. The van der Waals surface area contributed by atoms with Crippen molar-refractivity contribution >= 4 is 12.0 Å². The first-order valence-corrected chi connectivity index (χ1v) is 9.89. The second-order valence-electron chi connectivity index (χ2n) is 8.15. The lowest BCUT2D eigenvalue weighted by atomic mass is 10.0. The Kier molecular flexibility index (Phi) is 8.24. The second kappa shape index (κ2) is 10.6. The van der Waals surface area contributed by atoms with Gasteiger partial charge in [0, 0.05) is 6.42 Å². The third kappa shape index (κ3) is 8.13. The Bertz CT molecular complexity index is 816. The van der Waals surface area contributed by atoms with E-state index < -0.39 is 29.7 Å². The minimum atomic E-state index is -0.908. The monoisotopic (exact) mass is 414 g/mol. The van der Waals surface area contributed by atoms with Crippen molar-refractivity contribution in [3.8, 4) is 5.75 Å². The average molecular weight is 415 g/mol. The molecule has 162 valence electrons. The van der Waals surface area contributed by atoms with E-state index in [-0.39, 0.29) is 18.8 Å². The Hall–Kier alpha value is -3.06. The number of nitrogens with one attached hydrogen (secondary N) is 2. The van der Waals surface area contributed by atoms with Crippen LogP contribution < -0.4 is 10.6 Å². The number of hydrogen-bond acceptors (Lipinski definition) is 5. The molecule has 0 unspecified atom stereocenters. The normalized spacial score (nSPS) is 13.2. The number of aliphatic hydroxyl groups excluding tert-OH is 1. The third-order valence-electron chi connectivity index (χ3n) is 4.28. The zero-order valence-corrected chi connectivity index (χ0v) is 17.6. The highest BCUT2D eigenvalue weighted by Crippen LogP contribution is 2.13. The molecule has 0 saturated heterocycles. The van der Waals surface area contributed by atoms with E-state index in [1.54, 1.807) is 32.9 Å². The topological polar surface area (TPSA) is 108 Å². The predicted octanol–water partition coefficient (Wildman–Crippen LogP) is 2.55. The van der Waals surface area contributed by atoms with Crippen molar-refractivity contribution in [3.05, 3.63) is 65.7 Å². The van der Waals surface area contributed by atoms with E-state index in [2.05, 4.69) is 10.6 Å². The molecule has 0 aliphatic rings. The molecule has 0 bridgehead atoms. The molecule has 0 spiro atoms. The van der Waals surface area contributed by atoms with Crippen molar-refractivity contribution < 1.29 is 24.5 Å². The first-order chi connectivity index (χ1) is 14.2. The van der Waals surface area contributed by atoms with E-state index in [0.29, 0.717) is 6.42 Å². The van der Waals surface area contributed by atoms with Crippen molar-refractivity contribution in [2.75, 3.05) is 6.61 Å². The second-order valence-corrected chi connectivity index (χ2v) is 8.15. The zero-order valence-electron chi connectivity index (χ0n) is 17.6. The number of amides is 2. The summed E-state index contributed by atoms with van der Waals surface area (Å²) in [7, 11) is 0. The number of ether oxygens (including phenoxy) is 1. The molecule has 2 aromatic rings. The number of phenolic OH excluding ortho intramolecular Hbond substituents is 1. The number of phenols is 1. The standard InChI is InChI=1S/C23H30N2O5/c1-23(2,3)30-22(29)25-20(14-17-9-11-19(27)12-10-17)21(28)24-18(15-26)13-16-7-5-4-6-8-16/h4-12,18,20,26-27H,13-15H2,1-3H3,(H,24,28)(H,25,29)/t18-,20-/m0/s1. The van der Waals surface area contributed by atoms with E-state index in [0.717, 1.165) is 11.1 Å². The smallest absolute Gasteiger partial charge is 0.408 e. The molecule has 2 rings (SSSR count). The van der Waals surface area contributed by atoms with Gasteiger partial charge in [0.2, 0.25) is 5.91 Å². The van der Waals surface area contributed by atoms with Gasteiger partial charge in [-0.05, 0) is 50.5 Å². The fraction of sp³-hybridized carbons (Fsp3) is 0.391. The van der Waals surface area contributed by atoms with E-state index in [1.807, 2.05) is 30.3 Å². The number of benzene rings is 2. The predicted molar refractivity (Wildman–Crippen MR) is 114 cm³/mol. The Morgan fingerprint density at radius 3 is 2.10 bits per heavy atom. The van der Waals surface area contributed by atoms with Crippen LogP contribution in [0.25, 0.3) is 0 Å². The molecule has 30 heavy (non-hydrogen) atoms. The van der Waals surface area contributed by atoms with Crippen molar-refractivity contribution in [2.24, 2.45) is 0 Å². The van der Waals surface area contributed by atoms with Crippen LogP contribution >= 0.6 is 0 Å². The van der Waals surface area contributed by atoms with Crippen LogP contribution in [-0.2, 0) is 22.4 Å². The van der Waals surface area contributed by atoms with Crippen molar-refractivity contribution in [3.63, 3.8) is 0 Å². The molecule has 2 aromatic carbocycles. The Morgan fingerprint density at radius 2 is 1.53 bits per heavy atom. The van der Waals surface area contributed by atoms with Crippen LogP contribution in [0.1, 0.15) is 31.9 Å². The van der Waals surface area contributed by atoms with Gasteiger partial charge in [0.1, 0.15) is 17.4 Å². The van der Waals surface area contributed by atoms with Crippen LogP contribution in [0.5, 0.6) is 5.75 Å². The van der Waals surface area contributed by atoms with Gasteiger partial charge in [-0.1, -0.05) is 42.5 Å². The molecule has 2 amide bonds. The number of rotatable bonds is 8. The van der Waals surface area contributed by atoms with E-state index in [9.17, 15) is 19.8 Å². The van der Waals surface area contributed by atoms with Crippen LogP contribution in [-0.4, -0.2) is 46.5 Å². The molecular weight excluding hydrogens is 384 g/mol. The molecule has 7 nitrogen and oxygen atoms in total. The summed E-state index contributed by atoms with van der Waals surface area (Å²) in [6, 6.07) is 14.5. The Labute approximate surface area is 177 Å². The van der Waals surface area contributed by atoms with Gasteiger partial charge in [0.15, 0.2) is 0 Å². The lowest BCUT2D eigenvalue weighted by Gasteiger charge is -2.25. The maximum atomic E-state index is 12.9. The van der Waals surface area contributed by atoms with Crippen LogP contribution in [0.15, 0.2) is 54.6 Å². The molecule has 0 aliphatic heterocycles. The van der Waals surface area contributed by atoms with Gasteiger partial charge in [-0.15, -0.1) is 0 Å². The molecule has 0 saturated carbocycles. The van der Waals surface area contributed by atoms with Gasteiger partial charge in [-0.3, -0.25) is 4.79 Å². The fourth-order valence-corrected chi connectivity index (χ4v) is 2.89. The maximum Gasteiger partial charge on any atom is 0.408 e. The van der Waals surface area contributed by atoms with E-state index in [4.69, 9.17) is 4.74 Å².